The second-order valence-electron chi connectivity index (χ2n) is 16.9. The third-order valence-corrected chi connectivity index (χ3v) is 12.8. The molecule has 7 aromatic rings. The number of ether oxygens (including phenoxy) is 1. The van der Waals surface area contributed by atoms with Crippen molar-refractivity contribution in [2.45, 2.75) is 63.7 Å². The van der Waals surface area contributed by atoms with E-state index in [1.54, 1.807) is 6.20 Å². The van der Waals surface area contributed by atoms with E-state index in [-0.39, 0.29) is 22.1 Å². The number of para-hydroxylation sites is 1. The first-order valence-electron chi connectivity index (χ1n) is 19.2. The SMILES string of the molecule is CC(C)(C)c1ccnc(-c2cc(Oc3ccc4c5ccccc5n(-c5cc(C6(c7ccccc7)C7CC8CC(C7)CC6C8)ccn5)c4c3)c(F)nc2F)c1. The maximum absolute atomic E-state index is 15.3. The van der Waals surface area contributed by atoms with Gasteiger partial charge in [0.05, 0.1) is 22.3 Å². The summed E-state index contributed by atoms with van der Waals surface area (Å²) in [4.78, 5) is 13.0. The highest BCUT2D eigenvalue weighted by Gasteiger charge is 2.58. The zero-order chi connectivity index (χ0) is 36.8. The van der Waals surface area contributed by atoms with Gasteiger partial charge in [-0.2, -0.15) is 13.8 Å². The molecule has 4 aromatic heterocycles. The van der Waals surface area contributed by atoms with Crippen molar-refractivity contribution in [2.75, 3.05) is 0 Å². The van der Waals surface area contributed by atoms with Gasteiger partial charge in [-0.05, 0) is 126 Å². The first-order chi connectivity index (χ1) is 26.2. The number of hydrogen-bond acceptors (Lipinski definition) is 4. The summed E-state index contributed by atoms with van der Waals surface area (Å²) >= 11 is 0. The zero-order valence-electron chi connectivity index (χ0n) is 30.8. The Hall–Kier alpha value is -5.43. The molecule has 7 heteroatoms. The second-order valence-corrected chi connectivity index (χ2v) is 16.9. The number of rotatable bonds is 6. The highest BCUT2D eigenvalue weighted by Crippen LogP contribution is 2.65. The Bertz CT molecular complexity index is 2540. The van der Waals surface area contributed by atoms with Gasteiger partial charge in [0.1, 0.15) is 11.6 Å². The number of halogens is 2. The van der Waals surface area contributed by atoms with Crippen molar-refractivity contribution in [3.63, 3.8) is 0 Å². The van der Waals surface area contributed by atoms with E-state index < -0.39 is 11.9 Å². The molecule has 4 fully saturated rings. The van der Waals surface area contributed by atoms with Crippen molar-refractivity contribution >= 4 is 21.8 Å². The molecule has 0 aliphatic heterocycles. The standard InChI is InChI=1S/C47H42F2N4O/c1-46(2,3)31-15-17-50-39(24-31)38-27-42(45(49)52-44(38)48)54-35-13-14-37-36-11-7-8-12-40(36)53(41(37)26-35)43-25-32(16-18-51-43)47(30-9-5-4-6-10-30)33-20-28-19-29(22-33)23-34(47)21-28/h4-18,24-29,33-34H,19-23H2,1-3H3. The number of pyridine rings is 3. The van der Waals surface area contributed by atoms with Crippen LogP contribution in [0.15, 0.2) is 116 Å². The fraction of sp³-hybridized carbons (Fsp3) is 0.298. The number of aromatic nitrogens is 4. The molecule has 0 radical (unpaired) electrons. The molecule has 0 amide bonds. The number of hydrogen-bond donors (Lipinski definition) is 0. The Morgan fingerprint density at radius 2 is 1.37 bits per heavy atom. The van der Waals surface area contributed by atoms with E-state index in [2.05, 4.69) is 89.9 Å². The van der Waals surface area contributed by atoms with E-state index in [1.165, 1.54) is 49.3 Å². The Morgan fingerprint density at radius 3 is 2.13 bits per heavy atom. The maximum atomic E-state index is 15.3. The van der Waals surface area contributed by atoms with Crippen molar-refractivity contribution in [1.29, 1.82) is 0 Å². The first-order valence-corrected chi connectivity index (χ1v) is 19.2. The molecule has 4 bridgehead atoms. The van der Waals surface area contributed by atoms with Gasteiger partial charge in [0, 0.05) is 34.6 Å². The lowest BCUT2D eigenvalue weighted by atomic mass is 9.42. The summed E-state index contributed by atoms with van der Waals surface area (Å²) in [5.41, 5.74) is 5.84. The van der Waals surface area contributed by atoms with Crippen molar-refractivity contribution in [3.05, 3.63) is 144 Å². The topological polar surface area (TPSA) is 52.8 Å². The van der Waals surface area contributed by atoms with Gasteiger partial charge in [-0.1, -0.05) is 69.3 Å². The largest absolute Gasteiger partial charge is 0.452 e. The summed E-state index contributed by atoms with van der Waals surface area (Å²) in [5.74, 6) is 1.96. The van der Waals surface area contributed by atoms with Crippen molar-refractivity contribution in [2.24, 2.45) is 23.7 Å². The van der Waals surface area contributed by atoms with E-state index in [0.29, 0.717) is 23.3 Å². The van der Waals surface area contributed by atoms with Crippen LogP contribution in [0.2, 0.25) is 0 Å². The van der Waals surface area contributed by atoms with Crippen LogP contribution in [-0.2, 0) is 10.8 Å². The summed E-state index contributed by atoms with van der Waals surface area (Å²) in [6.07, 6.45) is 10.1. The number of nitrogens with zero attached hydrogens (tertiary/aromatic N) is 4. The van der Waals surface area contributed by atoms with Gasteiger partial charge in [-0.25, -0.2) is 4.98 Å². The molecule has 4 aliphatic rings. The zero-order valence-corrected chi connectivity index (χ0v) is 30.8. The molecule has 11 rings (SSSR count). The minimum absolute atomic E-state index is 0.0640. The molecule has 4 saturated carbocycles. The lowest BCUT2D eigenvalue weighted by Gasteiger charge is -2.62. The van der Waals surface area contributed by atoms with Crippen LogP contribution in [0.3, 0.4) is 0 Å². The quantitative estimate of drug-likeness (QED) is 0.161. The molecule has 4 heterocycles. The van der Waals surface area contributed by atoms with Crippen LogP contribution in [0.1, 0.15) is 69.6 Å². The predicted octanol–water partition coefficient (Wildman–Crippen LogP) is 11.7. The van der Waals surface area contributed by atoms with Gasteiger partial charge < -0.3 is 4.74 Å². The van der Waals surface area contributed by atoms with Gasteiger partial charge in [0.2, 0.25) is 5.95 Å². The van der Waals surface area contributed by atoms with Crippen LogP contribution < -0.4 is 4.74 Å². The van der Waals surface area contributed by atoms with E-state index in [0.717, 1.165) is 45.0 Å². The average Bonchev–Trinajstić information content (AvgIpc) is 3.49. The van der Waals surface area contributed by atoms with Gasteiger partial charge >= 0.3 is 0 Å². The van der Waals surface area contributed by atoms with Gasteiger partial charge in [-0.15, -0.1) is 0 Å². The molecular weight excluding hydrogens is 675 g/mol. The summed E-state index contributed by atoms with van der Waals surface area (Å²) < 4.78 is 38.9. The van der Waals surface area contributed by atoms with Crippen LogP contribution in [0.25, 0.3) is 38.9 Å². The Kier molecular flexibility index (Phi) is 7.56. The van der Waals surface area contributed by atoms with Crippen LogP contribution in [0.5, 0.6) is 11.5 Å². The normalized spacial score (nSPS) is 23.4. The number of fused-ring (bicyclic) bond motifs is 3. The van der Waals surface area contributed by atoms with Crippen LogP contribution in [0, 0.1) is 35.6 Å². The van der Waals surface area contributed by atoms with Crippen LogP contribution >= 0.6 is 0 Å². The molecule has 0 N–H and O–H groups in total. The van der Waals surface area contributed by atoms with Crippen molar-refractivity contribution in [1.82, 2.24) is 19.5 Å². The third-order valence-electron chi connectivity index (χ3n) is 12.8. The minimum atomic E-state index is -1.03. The molecule has 54 heavy (non-hydrogen) atoms. The summed E-state index contributed by atoms with van der Waals surface area (Å²) in [6, 6.07) is 34.9. The van der Waals surface area contributed by atoms with E-state index in [9.17, 15) is 0 Å². The molecule has 270 valence electrons. The minimum Gasteiger partial charge on any atom is -0.452 e. The van der Waals surface area contributed by atoms with Crippen molar-refractivity contribution < 1.29 is 13.5 Å². The highest BCUT2D eigenvalue weighted by molar-refractivity contribution is 6.09. The van der Waals surface area contributed by atoms with E-state index in [4.69, 9.17) is 9.72 Å². The molecule has 0 spiro atoms. The third kappa shape index (κ3) is 5.19. The van der Waals surface area contributed by atoms with E-state index >= 15 is 8.78 Å². The molecule has 0 saturated heterocycles. The molecule has 4 aliphatic carbocycles. The number of benzene rings is 3. The monoisotopic (exact) mass is 716 g/mol. The van der Waals surface area contributed by atoms with Gasteiger partial charge in [0.15, 0.2) is 5.75 Å². The Balaban J connectivity index is 1.09. The maximum Gasteiger partial charge on any atom is 0.258 e. The predicted molar refractivity (Wildman–Crippen MR) is 209 cm³/mol. The highest BCUT2D eigenvalue weighted by atomic mass is 19.1. The molecular formula is C47H42F2N4O. The molecule has 0 atom stereocenters. The lowest BCUT2D eigenvalue weighted by Crippen LogP contribution is -2.56. The lowest BCUT2D eigenvalue weighted by molar-refractivity contribution is -0.0418. The fourth-order valence-electron chi connectivity index (χ4n) is 10.7. The Labute approximate surface area is 314 Å². The fourth-order valence-corrected chi connectivity index (χ4v) is 10.7. The molecule has 0 unspecified atom stereocenters. The molecule has 3 aromatic carbocycles. The summed E-state index contributed by atoms with van der Waals surface area (Å²) in [7, 11) is 0. The van der Waals surface area contributed by atoms with Gasteiger partial charge in [0.25, 0.3) is 5.95 Å². The summed E-state index contributed by atoms with van der Waals surface area (Å²) in [6.45, 7) is 6.22. The van der Waals surface area contributed by atoms with Crippen LogP contribution in [-0.4, -0.2) is 19.5 Å². The summed E-state index contributed by atoms with van der Waals surface area (Å²) in [5, 5.41) is 2.11. The van der Waals surface area contributed by atoms with Gasteiger partial charge in [-0.3, -0.25) is 9.55 Å². The average molecular weight is 717 g/mol. The second kappa shape index (κ2) is 12.3. The molecule has 5 nitrogen and oxygen atoms in total. The van der Waals surface area contributed by atoms with Crippen LogP contribution in [0.4, 0.5) is 8.78 Å². The van der Waals surface area contributed by atoms with Crippen molar-refractivity contribution in [3.8, 4) is 28.6 Å². The smallest absolute Gasteiger partial charge is 0.258 e. The van der Waals surface area contributed by atoms with E-state index in [1.807, 2.05) is 48.7 Å². The Morgan fingerprint density at radius 1 is 0.667 bits per heavy atom. The first kappa shape index (κ1) is 33.2.